The van der Waals surface area contributed by atoms with Crippen LogP contribution in [0.3, 0.4) is 0 Å². The first-order valence-electron chi connectivity index (χ1n) is 11.5. The average Bonchev–Trinajstić information content (AvgIpc) is 2.72. The van der Waals surface area contributed by atoms with Crippen molar-refractivity contribution in [2.45, 2.75) is 65.5 Å². The molecule has 4 amide bonds. The summed E-state index contributed by atoms with van der Waals surface area (Å²) in [6.07, 6.45) is 2.46. The molecule has 2 aliphatic heterocycles. The van der Waals surface area contributed by atoms with E-state index in [0.717, 1.165) is 34.9 Å². The Hall–Kier alpha value is -3.48. The molecule has 0 bridgehead atoms. The zero-order chi connectivity index (χ0) is 24.9. The fraction of sp³-hybridized carbons (Fsp3) is 0.370. The second-order valence-corrected chi connectivity index (χ2v) is 10.1. The van der Waals surface area contributed by atoms with Gasteiger partial charge in [0, 0.05) is 17.3 Å². The highest BCUT2D eigenvalue weighted by Gasteiger charge is 2.40. The van der Waals surface area contributed by atoms with E-state index in [1.54, 1.807) is 0 Å². The summed E-state index contributed by atoms with van der Waals surface area (Å²) in [6, 6.07) is 8.93. The monoisotopic (exact) mass is 463 g/mol. The number of halogens is 1. The van der Waals surface area contributed by atoms with Gasteiger partial charge < -0.3 is 4.90 Å². The van der Waals surface area contributed by atoms with Gasteiger partial charge in [-0.2, -0.15) is 0 Å². The maximum absolute atomic E-state index is 14.3. The van der Waals surface area contributed by atoms with Crippen molar-refractivity contribution in [3.8, 4) is 0 Å². The molecular formula is C27H30FN3O3. The number of carbonyl (C=O) groups is 3. The minimum atomic E-state index is -0.970. The lowest BCUT2D eigenvalue weighted by molar-refractivity contribution is -0.122. The van der Waals surface area contributed by atoms with Gasteiger partial charge in [0.1, 0.15) is 11.4 Å². The van der Waals surface area contributed by atoms with Crippen LogP contribution in [-0.4, -0.2) is 29.4 Å². The molecule has 7 heteroatoms. The number of carbonyl (C=O) groups excluding carboxylic acids is 3. The first-order chi connectivity index (χ1) is 15.9. The number of nitrogens with one attached hydrogen (secondary N) is 1. The lowest BCUT2D eigenvalue weighted by Crippen LogP contribution is -2.54. The van der Waals surface area contributed by atoms with Crippen LogP contribution >= 0.6 is 0 Å². The van der Waals surface area contributed by atoms with Crippen molar-refractivity contribution < 1.29 is 18.8 Å². The van der Waals surface area contributed by atoms with Crippen LogP contribution in [0.5, 0.6) is 0 Å². The lowest BCUT2D eigenvalue weighted by Gasteiger charge is -2.50. The zero-order valence-electron chi connectivity index (χ0n) is 20.4. The van der Waals surface area contributed by atoms with Gasteiger partial charge in [0.05, 0.1) is 5.69 Å². The molecule has 0 aliphatic carbocycles. The second kappa shape index (κ2) is 8.38. The number of hydrogen-bond donors (Lipinski definition) is 1. The van der Waals surface area contributed by atoms with Crippen molar-refractivity contribution >= 4 is 35.3 Å². The van der Waals surface area contributed by atoms with Gasteiger partial charge in [-0.3, -0.25) is 14.9 Å². The summed E-state index contributed by atoms with van der Waals surface area (Å²) >= 11 is 0. The van der Waals surface area contributed by atoms with E-state index >= 15 is 0 Å². The molecule has 2 heterocycles. The van der Waals surface area contributed by atoms with E-state index in [2.05, 4.69) is 50.9 Å². The van der Waals surface area contributed by atoms with Crippen molar-refractivity contribution in [1.29, 1.82) is 0 Å². The highest BCUT2D eigenvalue weighted by Crippen LogP contribution is 2.45. The zero-order valence-corrected chi connectivity index (χ0v) is 20.4. The van der Waals surface area contributed by atoms with Crippen LogP contribution in [0.2, 0.25) is 0 Å². The number of amides is 4. The Morgan fingerprint density at radius 2 is 1.79 bits per heavy atom. The highest BCUT2D eigenvalue weighted by atomic mass is 19.1. The van der Waals surface area contributed by atoms with E-state index < -0.39 is 23.7 Å². The topological polar surface area (TPSA) is 69.7 Å². The Bertz CT molecular complexity index is 1230. The first kappa shape index (κ1) is 23.7. The van der Waals surface area contributed by atoms with Crippen molar-refractivity contribution in [2.75, 3.05) is 9.80 Å². The van der Waals surface area contributed by atoms with Gasteiger partial charge in [-0.15, -0.1) is 0 Å². The van der Waals surface area contributed by atoms with Gasteiger partial charge in [-0.1, -0.05) is 19.1 Å². The summed E-state index contributed by atoms with van der Waals surface area (Å²) in [5.74, 6) is -2.09. The summed E-state index contributed by atoms with van der Waals surface area (Å²) < 4.78 is 14.3. The molecule has 1 fully saturated rings. The van der Waals surface area contributed by atoms with Gasteiger partial charge >= 0.3 is 6.03 Å². The van der Waals surface area contributed by atoms with Crippen LogP contribution in [-0.2, 0) is 9.59 Å². The van der Waals surface area contributed by atoms with Crippen molar-refractivity contribution in [3.05, 3.63) is 64.5 Å². The number of barbiturate groups is 1. The molecule has 178 valence electrons. The largest absolute Gasteiger partial charge is 0.364 e. The van der Waals surface area contributed by atoms with Gasteiger partial charge in [0.2, 0.25) is 0 Å². The number of fused-ring (bicyclic) bond motifs is 1. The molecule has 0 spiro atoms. The summed E-state index contributed by atoms with van der Waals surface area (Å²) in [5, 5.41) is 2.16. The van der Waals surface area contributed by atoms with E-state index in [0.29, 0.717) is 10.9 Å². The van der Waals surface area contributed by atoms with Crippen LogP contribution in [0.25, 0.3) is 6.08 Å². The molecule has 0 radical (unpaired) electrons. The molecule has 2 aromatic rings. The van der Waals surface area contributed by atoms with Gasteiger partial charge in [-0.05, 0) is 94.0 Å². The van der Waals surface area contributed by atoms with E-state index in [-0.39, 0.29) is 22.7 Å². The molecule has 1 unspecified atom stereocenters. The smallest absolute Gasteiger partial charge is 0.336 e. The molecule has 1 atom stereocenters. The third-order valence-corrected chi connectivity index (χ3v) is 6.67. The molecule has 2 aromatic carbocycles. The number of nitrogens with zero attached hydrogens (tertiary/aromatic N) is 2. The second-order valence-electron chi connectivity index (χ2n) is 10.1. The van der Waals surface area contributed by atoms with E-state index in [9.17, 15) is 18.8 Å². The molecule has 1 N–H and O–H groups in total. The Labute approximate surface area is 199 Å². The van der Waals surface area contributed by atoms with Gasteiger partial charge in [0.15, 0.2) is 0 Å². The van der Waals surface area contributed by atoms with E-state index in [1.165, 1.54) is 24.3 Å². The molecule has 0 saturated carbocycles. The SMILES string of the molecule is Cc1cc2c(cc1/C=C1\C(=O)NC(=O)N(c3ccccc3F)C1=O)C(C)CC(C)(C)N2C(C)C. The summed E-state index contributed by atoms with van der Waals surface area (Å²) in [7, 11) is 0. The number of para-hydroxylation sites is 1. The average molecular weight is 464 g/mol. The minimum absolute atomic E-state index is 0.00710. The molecule has 4 rings (SSSR count). The Morgan fingerprint density at radius 1 is 1.12 bits per heavy atom. The number of anilines is 2. The number of hydrogen-bond acceptors (Lipinski definition) is 4. The minimum Gasteiger partial charge on any atom is -0.364 e. The molecule has 34 heavy (non-hydrogen) atoms. The third kappa shape index (κ3) is 3.89. The number of aryl methyl sites for hydroxylation is 1. The third-order valence-electron chi connectivity index (χ3n) is 6.67. The fourth-order valence-corrected chi connectivity index (χ4v) is 5.41. The normalized spacial score (nSPS) is 21.2. The van der Waals surface area contributed by atoms with E-state index in [4.69, 9.17) is 0 Å². The first-order valence-corrected chi connectivity index (χ1v) is 11.5. The van der Waals surface area contributed by atoms with Gasteiger partial charge in [-0.25, -0.2) is 14.1 Å². The van der Waals surface area contributed by atoms with Crippen LogP contribution < -0.4 is 15.1 Å². The fourth-order valence-electron chi connectivity index (χ4n) is 5.41. The van der Waals surface area contributed by atoms with Crippen LogP contribution in [0.1, 0.15) is 63.6 Å². The van der Waals surface area contributed by atoms with Crippen LogP contribution in [0.4, 0.5) is 20.6 Å². The van der Waals surface area contributed by atoms with Crippen LogP contribution in [0.15, 0.2) is 42.0 Å². The summed E-state index contributed by atoms with van der Waals surface area (Å²) in [5.41, 5.74) is 3.50. The number of imide groups is 2. The Kier molecular flexibility index (Phi) is 5.84. The quantitative estimate of drug-likeness (QED) is 0.495. The number of benzene rings is 2. The van der Waals surface area contributed by atoms with Crippen molar-refractivity contribution in [1.82, 2.24) is 5.32 Å². The van der Waals surface area contributed by atoms with Crippen molar-refractivity contribution in [2.24, 2.45) is 0 Å². The Morgan fingerprint density at radius 3 is 2.44 bits per heavy atom. The van der Waals surface area contributed by atoms with Crippen molar-refractivity contribution in [3.63, 3.8) is 0 Å². The summed E-state index contributed by atoms with van der Waals surface area (Å²) in [4.78, 5) is 41.3. The predicted molar refractivity (Wildman–Crippen MR) is 131 cm³/mol. The van der Waals surface area contributed by atoms with Gasteiger partial charge in [0.25, 0.3) is 11.8 Å². The van der Waals surface area contributed by atoms with E-state index in [1.807, 2.05) is 13.0 Å². The maximum atomic E-state index is 14.3. The molecule has 2 aliphatic rings. The molecule has 1 saturated heterocycles. The highest BCUT2D eigenvalue weighted by molar-refractivity contribution is 6.39. The standard InChI is InChI=1S/C27H30FN3O3/c1-15(2)31-23-11-16(3)18(12-19(23)17(4)14-27(31,5)6)13-20-24(32)29-26(34)30(25(20)33)22-10-8-7-9-21(22)28/h7-13,15,17H,14H2,1-6H3,(H,29,32,34)/b20-13+. The molecule has 0 aromatic heterocycles. The lowest BCUT2D eigenvalue weighted by atomic mass is 9.78. The Balaban J connectivity index is 1.80. The molecular weight excluding hydrogens is 433 g/mol. The maximum Gasteiger partial charge on any atom is 0.336 e. The summed E-state index contributed by atoms with van der Waals surface area (Å²) in [6.45, 7) is 13.0. The molecule has 6 nitrogen and oxygen atoms in total. The predicted octanol–water partition coefficient (Wildman–Crippen LogP) is 5.30. The number of urea groups is 1. The number of rotatable bonds is 3. The van der Waals surface area contributed by atoms with Crippen LogP contribution in [0, 0.1) is 12.7 Å².